The highest BCUT2D eigenvalue weighted by molar-refractivity contribution is 5.94. The number of likely N-dealkylation sites (tertiary alicyclic amines) is 1. The number of piperidine rings is 1. The smallest absolute Gasteiger partial charge is 0.254 e. The van der Waals surface area contributed by atoms with Crippen molar-refractivity contribution in [2.45, 2.75) is 26.2 Å². The number of hydrogen-bond donors (Lipinski definition) is 1. The Morgan fingerprint density at radius 2 is 2.10 bits per heavy atom. The summed E-state index contributed by atoms with van der Waals surface area (Å²) in [5, 5.41) is 2.83. The first-order valence-corrected chi connectivity index (χ1v) is 7.29. The number of benzene rings is 1. The van der Waals surface area contributed by atoms with Crippen LogP contribution in [0.15, 0.2) is 18.2 Å². The zero-order valence-corrected chi connectivity index (χ0v) is 12.3. The van der Waals surface area contributed by atoms with Gasteiger partial charge in [0.2, 0.25) is 0 Å². The van der Waals surface area contributed by atoms with E-state index in [4.69, 9.17) is 0 Å². The third-order valence-electron chi connectivity index (χ3n) is 4.04. The van der Waals surface area contributed by atoms with Gasteiger partial charge in [-0.2, -0.15) is 0 Å². The molecule has 0 saturated carbocycles. The van der Waals surface area contributed by atoms with E-state index in [1.807, 2.05) is 6.92 Å². The molecule has 0 aliphatic carbocycles. The predicted molar refractivity (Wildman–Crippen MR) is 78.3 cm³/mol. The van der Waals surface area contributed by atoms with E-state index >= 15 is 0 Å². The molecule has 1 aromatic rings. The Hall–Kier alpha value is -1.42. The monoisotopic (exact) mass is 278 g/mol. The molecule has 0 atom stereocenters. The van der Waals surface area contributed by atoms with Crippen LogP contribution < -0.4 is 5.32 Å². The van der Waals surface area contributed by atoms with Crippen LogP contribution in [0.1, 0.15) is 35.2 Å². The van der Waals surface area contributed by atoms with Gasteiger partial charge >= 0.3 is 0 Å². The number of aryl methyl sites for hydroxylation is 1. The van der Waals surface area contributed by atoms with Crippen LogP contribution in [-0.2, 0) is 0 Å². The van der Waals surface area contributed by atoms with E-state index in [1.54, 1.807) is 12.1 Å². The molecule has 4 heteroatoms. The number of halogens is 1. The Kier molecular flexibility index (Phi) is 5.12. The van der Waals surface area contributed by atoms with Crippen molar-refractivity contribution in [1.29, 1.82) is 0 Å². The SMILES string of the molecule is Cc1ccc(F)c(C(=O)NCCC2CCN(C)CC2)c1. The number of nitrogens with zero attached hydrogens (tertiary/aromatic N) is 1. The molecule has 0 unspecified atom stereocenters. The molecule has 1 aliphatic heterocycles. The quantitative estimate of drug-likeness (QED) is 0.918. The van der Waals surface area contributed by atoms with Crippen molar-refractivity contribution >= 4 is 5.91 Å². The van der Waals surface area contributed by atoms with E-state index in [1.165, 1.54) is 18.9 Å². The molecule has 1 heterocycles. The molecule has 1 amide bonds. The van der Waals surface area contributed by atoms with E-state index < -0.39 is 5.82 Å². The molecule has 0 spiro atoms. The van der Waals surface area contributed by atoms with Crippen molar-refractivity contribution in [2.24, 2.45) is 5.92 Å². The molecule has 0 bridgehead atoms. The molecule has 2 rings (SSSR count). The van der Waals surface area contributed by atoms with Gasteiger partial charge in [0.25, 0.3) is 5.91 Å². The van der Waals surface area contributed by atoms with Gasteiger partial charge in [-0.15, -0.1) is 0 Å². The van der Waals surface area contributed by atoms with E-state index in [9.17, 15) is 9.18 Å². The zero-order chi connectivity index (χ0) is 14.5. The number of hydrogen-bond acceptors (Lipinski definition) is 2. The van der Waals surface area contributed by atoms with Gasteiger partial charge in [-0.1, -0.05) is 11.6 Å². The second-order valence-corrected chi connectivity index (χ2v) is 5.77. The van der Waals surface area contributed by atoms with Gasteiger partial charge < -0.3 is 10.2 Å². The van der Waals surface area contributed by atoms with E-state index in [2.05, 4.69) is 17.3 Å². The summed E-state index contributed by atoms with van der Waals surface area (Å²) in [6.45, 7) is 4.74. The number of carbonyl (C=O) groups excluding carboxylic acids is 1. The summed E-state index contributed by atoms with van der Waals surface area (Å²) in [4.78, 5) is 14.3. The fraction of sp³-hybridized carbons (Fsp3) is 0.562. The Morgan fingerprint density at radius 3 is 2.80 bits per heavy atom. The minimum absolute atomic E-state index is 0.147. The molecule has 0 radical (unpaired) electrons. The van der Waals surface area contributed by atoms with Crippen molar-refractivity contribution in [1.82, 2.24) is 10.2 Å². The Balaban J connectivity index is 1.79. The molecule has 1 aliphatic rings. The summed E-state index contributed by atoms with van der Waals surface area (Å²) < 4.78 is 13.6. The third kappa shape index (κ3) is 4.04. The maximum atomic E-state index is 13.6. The molecular weight excluding hydrogens is 255 g/mol. The van der Waals surface area contributed by atoms with Gasteiger partial charge in [0.05, 0.1) is 5.56 Å². The van der Waals surface area contributed by atoms with Gasteiger partial charge in [-0.25, -0.2) is 4.39 Å². The third-order valence-corrected chi connectivity index (χ3v) is 4.04. The van der Waals surface area contributed by atoms with Gasteiger partial charge in [0, 0.05) is 6.54 Å². The van der Waals surface area contributed by atoms with Crippen LogP contribution in [0.5, 0.6) is 0 Å². The average molecular weight is 278 g/mol. The van der Waals surface area contributed by atoms with Gasteiger partial charge in [0.15, 0.2) is 0 Å². The van der Waals surface area contributed by atoms with E-state index in [0.29, 0.717) is 12.5 Å². The average Bonchev–Trinajstić information content (AvgIpc) is 2.43. The second-order valence-electron chi connectivity index (χ2n) is 5.77. The van der Waals surface area contributed by atoms with Crippen LogP contribution in [0.4, 0.5) is 4.39 Å². The maximum Gasteiger partial charge on any atom is 0.254 e. The van der Waals surface area contributed by atoms with E-state index in [-0.39, 0.29) is 11.5 Å². The highest BCUT2D eigenvalue weighted by atomic mass is 19.1. The highest BCUT2D eigenvalue weighted by Crippen LogP contribution is 2.18. The Bertz CT molecular complexity index is 468. The van der Waals surface area contributed by atoms with Gasteiger partial charge in [-0.05, 0) is 64.4 Å². The van der Waals surface area contributed by atoms with Gasteiger partial charge in [-0.3, -0.25) is 4.79 Å². The summed E-state index contributed by atoms with van der Waals surface area (Å²) >= 11 is 0. The lowest BCUT2D eigenvalue weighted by molar-refractivity contribution is 0.0945. The lowest BCUT2D eigenvalue weighted by Gasteiger charge is -2.28. The largest absolute Gasteiger partial charge is 0.352 e. The maximum absolute atomic E-state index is 13.6. The molecule has 1 aromatic carbocycles. The van der Waals surface area contributed by atoms with Crippen molar-refractivity contribution < 1.29 is 9.18 Å². The fourth-order valence-corrected chi connectivity index (χ4v) is 2.65. The molecule has 1 N–H and O–H groups in total. The predicted octanol–water partition coefficient (Wildman–Crippen LogP) is 2.60. The van der Waals surface area contributed by atoms with Crippen LogP contribution in [-0.4, -0.2) is 37.5 Å². The minimum Gasteiger partial charge on any atom is -0.352 e. The standard InChI is InChI=1S/C16H23FN2O/c1-12-3-4-15(17)14(11-12)16(20)18-8-5-13-6-9-19(2)10-7-13/h3-4,11,13H,5-10H2,1-2H3,(H,18,20). The number of carbonyl (C=O) groups is 1. The molecule has 3 nitrogen and oxygen atoms in total. The molecule has 110 valence electrons. The van der Waals surface area contributed by atoms with Crippen LogP contribution >= 0.6 is 0 Å². The molecule has 1 fully saturated rings. The highest BCUT2D eigenvalue weighted by Gasteiger charge is 2.17. The van der Waals surface area contributed by atoms with Gasteiger partial charge in [0.1, 0.15) is 5.82 Å². The van der Waals surface area contributed by atoms with Crippen LogP contribution in [0.25, 0.3) is 0 Å². The lowest BCUT2D eigenvalue weighted by atomic mass is 9.94. The summed E-state index contributed by atoms with van der Waals surface area (Å²) in [7, 11) is 2.14. The zero-order valence-electron chi connectivity index (χ0n) is 12.3. The molecule has 0 aromatic heterocycles. The number of amides is 1. The lowest BCUT2D eigenvalue weighted by Crippen LogP contribution is -2.33. The van der Waals surface area contributed by atoms with Crippen LogP contribution in [0, 0.1) is 18.7 Å². The van der Waals surface area contributed by atoms with Crippen molar-refractivity contribution in [3.8, 4) is 0 Å². The first-order chi connectivity index (χ1) is 9.56. The van der Waals surface area contributed by atoms with Crippen LogP contribution in [0.3, 0.4) is 0 Å². The number of rotatable bonds is 4. The first kappa shape index (κ1) is 15.0. The summed E-state index contributed by atoms with van der Waals surface area (Å²) in [5.41, 5.74) is 1.04. The fourth-order valence-electron chi connectivity index (χ4n) is 2.65. The minimum atomic E-state index is -0.451. The van der Waals surface area contributed by atoms with Crippen molar-refractivity contribution in [3.05, 3.63) is 35.1 Å². The van der Waals surface area contributed by atoms with E-state index in [0.717, 1.165) is 25.1 Å². The van der Waals surface area contributed by atoms with Crippen molar-refractivity contribution in [3.63, 3.8) is 0 Å². The molecule has 1 saturated heterocycles. The summed E-state index contributed by atoms with van der Waals surface area (Å²) in [5.74, 6) is -0.0830. The summed E-state index contributed by atoms with van der Waals surface area (Å²) in [6.07, 6.45) is 3.35. The van der Waals surface area contributed by atoms with Crippen molar-refractivity contribution in [2.75, 3.05) is 26.7 Å². The number of nitrogens with one attached hydrogen (secondary N) is 1. The Labute approximate surface area is 120 Å². The summed E-state index contributed by atoms with van der Waals surface area (Å²) in [6, 6.07) is 4.62. The topological polar surface area (TPSA) is 32.3 Å². The Morgan fingerprint density at radius 1 is 1.40 bits per heavy atom. The normalized spacial score (nSPS) is 17.1. The second kappa shape index (κ2) is 6.84. The first-order valence-electron chi connectivity index (χ1n) is 7.29. The molecular formula is C16H23FN2O. The van der Waals surface area contributed by atoms with Crippen LogP contribution in [0.2, 0.25) is 0 Å². The molecule has 20 heavy (non-hydrogen) atoms.